The first-order valence-corrected chi connectivity index (χ1v) is 10.8. The van der Waals surface area contributed by atoms with E-state index in [4.69, 9.17) is 23.2 Å². The van der Waals surface area contributed by atoms with Crippen LogP contribution in [0.5, 0.6) is 5.75 Å². The number of hydrogen-bond donors (Lipinski definition) is 3. The molecule has 1 amide bonds. The average molecular weight is 462 g/mol. The molecule has 0 spiro atoms. The lowest BCUT2D eigenvalue weighted by Crippen LogP contribution is -2.32. The van der Waals surface area contributed by atoms with Gasteiger partial charge in [0, 0.05) is 30.0 Å². The summed E-state index contributed by atoms with van der Waals surface area (Å²) in [6.07, 6.45) is 1.42. The number of carbonyl (C=O) groups excluding carboxylic acids is 1. The van der Waals surface area contributed by atoms with Gasteiger partial charge < -0.3 is 15.8 Å². The fraction of sp³-hybridized carbons (Fsp3) is 0.143. The van der Waals surface area contributed by atoms with E-state index in [9.17, 15) is 14.7 Å². The zero-order valence-electron chi connectivity index (χ0n) is 15.8. The molecule has 1 aromatic heterocycles. The van der Waals surface area contributed by atoms with Crippen molar-refractivity contribution in [1.29, 1.82) is 0 Å². The van der Waals surface area contributed by atoms with Crippen LogP contribution in [0.2, 0.25) is 10.0 Å². The molecule has 0 radical (unpaired) electrons. The second-order valence-electron chi connectivity index (χ2n) is 6.66. The molecule has 1 atom stereocenters. The van der Waals surface area contributed by atoms with Crippen molar-refractivity contribution in [3.63, 3.8) is 0 Å². The van der Waals surface area contributed by atoms with Gasteiger partial charge in [-0.25, -0.2) is 0 Å². The number of carbonyl (C=O) groups is 1. The molecule has 0 aliphatic carbocycles. The molecular weight excluding hydrogens is 445 g/mol. The van der Waals surface area contributed by atoms with Crippen molar-refractivity contribution < 1.29 is 9.90 Å². The van der Waals surface area contributed by atoms with Gasteiger partial charge in [-0.1, -0.05) is 53.5 Å². The molecular formula is C21H17Cl2N3O3S. The summed E-state index contributed by atoms with van der Waals surface area (Å²) in [4.78, 5) is 25.2. The normalized spacial score (nSPS) is 15.0. The number of amides is 1. The highest BCUT2D eigenvalue weighted by Gasteiger charge is 2.28. The Morgan fingerprint density at radius 2 is 1.93 bits per heavy atom. The summed E-state index contributed by atoms with van der Waals surface area (Å²) >= 11 is 14.3. The van der Waals surface area contributed by atoms with E-state index in [1.807, 2.05) is 30.3 Å². The van der Waals surface area contributed by atoms with Crippen LogP contribution in [0.4, 0.5) is 0 Å². The molecule has 9 heteroatoms. The van der Waals surface area contributed by atoms with Crippen molar-refractivity contribution in [3.05, 3.63) is 91.3 Å². The summed E-state index contributed by atoms with van der Waals surface area (Å²) in [5, 5.41) is 13.6. The van der Waals surface area contributed by atoms with Gasteiger partial charge in [0.25, 0.3) is 5.91 Å². The third kappa shape index (κ3) is 3.53. The molecule has 2 aromatic carbocycles. The lowest BCUT2D eigenvalue weighted by atomic mass is 9.95. The Labute approximate surface area is 186 Å². The van der Waals surface area contributed by atoms with Gasteiger partial charge in [0.1, 0.15) is 0 Å². The van der Waals surface area contributed by atoms with Gasteiger partial charge in [-0.3, -0.25) is 14.3 Å². The van der Waals surface area contributed by atoms with Crippen LogP contribution in [-0.4, -0.2) is 22.7 Å². The Balaban J connectivity index is 1.92. The summed E-state index contributed by atoms with van der Waals surface area (Å²) < 4.78 is 1.36. The van der Waals surface area contributed by atoms with Crippen LogP contribution in [0.25, 0.3) is 0 Å². The highest BCUT2D eigenvalue weighted by molar-refractivity contribution is 7.98. The average Bonchev–Trinajstić information content (AvgIpc) is 2.90. The van der Waals surface area contributed by atoms with Crippen molar-refractivity contribution >= 4 is 40.9 Å². The molecule has 30 heavy (non-hydrogen) atoms. The Morgan fingerprint density at radius 1 is 1.17 bits per heavy atom. The molecule has 4 rings (SSSR count). The summed E-state index contributed by atoms with van der Waals surface area (Å²) in [7, 11) is 1.43. The SMILES string of the molecule is CNC(=O)c1c(O)c(=O)ccn1NC1c2ccccc2CSc2c1ccc(Cl)c2Cl. The van der Waals surface area contributed by atoms with Crippen molar-refractivity contribution in [2.24, 2.45) is 0 Å². The second-order valence-corrected chi connectivity index (χ2v) is 8.43. The van der Waals surface area contributed by atoms with Crippen LogP contribution >= 0.6 is 35.0 Å². The zero-order chi connectivity index (χ0) is 21.4. The van der Waals surface area contributed by atoms with E-state index >= 15 is 0 Å². The van der Waals surface area contributed by atoms with Crippen molar-refractivity contribution in [1.82, 2.24) is 9.99 Å². The smallest absolute Gasteiger partial charge is 0.273 e. The van der Waals surface area contributed by atoms with E-state index in [1.54, 1.807) is 17.8 Å². The maximum atomic E-state index is 12.4. The van der Waals surface area contributed by atoms with E-state index < -0.39 is 23.1 Å². The van der Waals surface area contributed by atoms with Crippen molar-refractivity contribution in [3.8, 4) is 5.75 Å². The predicted octanol–water partition coefficient (Wildman–Crippen LogP) is 4.16. The molecule has 0 saturated heterocycles. The van der Waals surface area contributed by atoms with Crippen LogP contribution in [0, 0.1) is 0 Å². The zero-order valence-corrected chi connectivity index (χ0v) is 18.1. The van der Waals surface area contributed by atoms with Gasteiger partial charge in [0.05, 0.1) is 16.1 Å². The largest absolute Gasteiger partial charge is 0.502 e. The minimum atomic E-state index is -0.640. The van der Waals surface area contributed by atoms with Crippen LogP contribution in [0.1, 0.15) is 33.2 Å². The molecule has 0 fully saturated rings. The number of fused-ring (bicyclic) bond motifs is 2. The highest BCUT2D eigenvalue weighted by atomic mass is 35.5. The van der Waals surface area contributed by atoms with E-state index in [1.165, 1.54) is 24.0 Å². The van der Waals surface area contributed by atoms with Crippen LogP contribution in [-0.2, 0) is 5.75 Å². The van der Waals surface area contributed by atoms with E-state index in [0.29, 0.717) is 15.8 Å². The number of pyridine rings is 1. The van der Waals surface area contributed by atoms with Gasteiger partial charge >= 0.3 is 0 Å². The minimum absolute atomic E-state index is 0.180. The standard InChI is InChI=1S/C21H17Cl2N3O3S/c1-24-21(29)18-19(28)15(27)8-9-26(18)25-17-12-5-3-2-4-11(12)10-30-20-13(17)6-7-14(22)16(20)23/h2-9,17,25,28H,10H2,1H3,(H,24,29). The monoisotopic (exact) mass is 461 g/mol. The molecule has 6 nitrogen and oxygen atoms in total. The van der Waals surface area contributed by atoms with Gasteiger partial charge in [-0.15, -0.1) is 11.8 Å². The maximum absolute atomic E-state index is 12.4. The highest BCUT2D eigenvalue weighted by Crippen LogP contribution is 2.45. The summed E-state index contributed by atoms with van der Waals surface area (Å²) in [6.45, 7) is 0. The second kappa shape index (κ2) is 8.26. The van der Waals surface area contributed by atoms with Crippen molar-refractivity contribution in [2.45, 2.75) is 16.7 Å². The van der Waals surface area contributed by atoms with Crippen LogP contribution < -0.4 is 16.2 Å². The summed E-state index contributed by atoms with van der Waals surface area (Å²) in [5.41, 5.74) is 5.41. The number of aromatic hydroxyl groups is 1. The van der Waals surface area contributed by atoms with E-state index in [0.717, 1.165) is 21.6 Å². The number of halogens is 2. The Hall–Kier alpha value is -2.61. The van der Waals surface area contributed by atoms with E-state index in [-0.39, 0.29) is 5.69 Å². The summed E-state index contributed by atoms with van der Waals surface area (Å²) in [6, 6.07) is 12.3. The molecule has 2 heterocycles. The first-order chi connectivity index (χ1) is 14.4. The third-order valence-corrected chi connectivity index (χ3v) is 7.01. The Morgan fingerprint density at radius 3 is 2.70 bits per heavy atom. The molecule has 3 N–H and O–H groups in total. The van der Waals surface area contributed by atoms with Gasteiger partial charge in [-0.2, -0.15) is 0 Å². The Bertz CT molecular complexity index is 1210. The third-order valence-electron chi connectivity index (χ3n) is 4.91. The van der Waals surface area contributed by atoms with Gasteiger partial charge in [-0.05, 0) is 22.8 Å². The fourth-order valence-corrected chi connectivity index (χ4v) is 5.13. The lowest BCUT2D eigenvalue weighted by molar-refractivity contribution is 0.0951. The quantitative estimate of drug-likeness (QED) is 0.545. The maximum Gasteiger partial charge on any atom is 0.273 e. The van der Waals surface area contributed by atoms with Crippen LogP contribution in [0.15, 0.2) is 58.4 Å². The lowest BCUT2D eigenvalue weighted by Gasteiger charge is -2.26. The van der Waals surface area contributed by atoms with Gasteiger partial charge in [0.2, 0.25) is 5.43 Å². The molecule has 1 aliphatic rings. The van der Waals surface area contributed by atoms with Crippen molar-refractivity contribution in [2.75, 3.05) is 12.5 Å². The molecule has 0 bridgehead atoms. The van der Waals surface area contributed by atoms with Crippen LogP contribution in [0.3, 0.4) is 0 Å². The number of hydrogen-bond acceptors (Lipinski definition) is 5. The predicted molar refractivity (Wildman–Crippen MR) is 119 cm³/mol. The Kier molecular flexibility index (Phi) is 5.69. The number of benzene rings is 2. The first kappa shape index (κ1) is 20.7. The molecule has 154 valence electrons. The first-order valence-electron chi connectivity index (χ1n) is 9.04. The van der Waals surface area contributed by atoms with Gasteiger partial charge in [0.15, 0.2) is 11.4 Å². The molecule has 1 unspecified atom stereocenters. The number of nitrogens with zero attached hydrogens (tertiary/aromatic N) is 1. The molecule has 0 saturated carbocycles. The number of aromatic nitrogens is 1. The topological polar surface area (TPSA) is 83.4 Å². The molecule has 3 aromatic rings. The fourth-order valence-electron chi connectivity index (χ4n) is 3.43. The molecule has 1 aliphatic heterocycles. The van der Waals surface area contributed by atoms with E-state index in [2.05, 4.69) is 10.7 Å². The minimum Gasteiger partial charge on any atom is -0.502 e. The summed E-state index contributed by atoms with van der Waals surface area (Å²) in [5.74, 6) is -0.530. The number of thioether (sulfide) groups is 1. The number of nitrogens with one attached hydrogen (secondary N) is 2. The number of rotatable bonds is 3.